The minimum absolute atomic E-state index is 0.365. The van der Waals surface area contributed by atoms with Crippen molar-refractivity contribution in [1.29, 1.82) is 0 Å². The van der Waals surface area contributed by atoms with Crippen LogP contribution in [-0.4, -0.2) is 10.7 Å². The van der Waals surface area contributed by atoms with Gasteiger partial charge in [0.1, 0.15) is 0 Å². The van der Waals surface area contributed by atoms with Crippen LogP contribution in [0.2, 0.25) is 0 Å². The van der Waals surface area contributed by atoms with Gasteiger partial charge in [0.2, 0.25) is 0 Å². The number of alkyl halides is 2. The molecule has 0 aromatic rings. The lowest BCUT2D eigenvalue weighted by Gasteiger charge is -2.00. The first-order chi connectivity index (χ1) is 4.77. The molecule has 0 N–H and O–H groups in total. The van der Waals surface area contributed by atoms with Crippen molar-refractivity contribution in [3.63, 3.8) is 0 Å². The fourth-order valence-corrected chi connectivity index (χ4v) is 1.42. The van der Waals surface area contributed by atoms with Crippen molar-refractivity contribution >= 4 is 27.5 Å². The molecule has 2 heteroatoms. The van der Waals surface area contributed by atoms with Crippen molar-refractivity contribution in [2.24, 2.45) is 0 Å². The Hall–Kier alpha value is 0.770. The van der Waals surface area contributed by atoms with Crippen molar-refractivity contribution in [2.45, 2.75) is 44.4 Å². The van der Waals surface area contributed by atoms with Crippen LogP contribution < -0.4 is 0 Å². The van der Waals surface area contributed by atoms with Crippen LogP contribution in [-0.2, 0) is 0 Å². The molecule has 0 heterocycles. The predicted molar refractivity (Wildman–Crippen MR) is 52.2 cm³/mol. The van der Waals surface area contributed by atoms with E-state index in [0.29, 0.717) is 5.38 Å². The molecule has 0 fully saturated rings. The number of rotatable bonds is 6. The highest BCUT2D eigenvalue weighted by molar-refractivity contribution is 9.09. The fourth-order valence-electron chi connectivity index (χ4n) is 0.874. The third-order valence-corrected chi connectivity index (χ3v) is 2.26. The van der Waals surface area contributed by atoms with Crippen LogP contribution in [0.4, 0.5) is 0 Å². The van der Waals surface area contributed by atoms with Crippen LogP contribution in [0.1, 0.15) is 39.0 Å². The first-order valence-corrected chi connectivity index (χ1v) is 5.53. The van der Waals surface area contributed by atoms with Gasteiger partial charge in [0.15, 0.2) is 0 Å². The summed E-state index contributed by atoms with van der Waals surface area (Å²) >= 11 is 9.19. The molecule has 1 unspecified atom stereocenters. The number of hydrogen-bond donors (Lipinski definition) is 0. The van der Waals surface area contributed by atoms with Gasteiger partial charge in [-0.05, 0) is 19.8 Å². The molecule has 0 aromatic carbocycles. The average Bonchev–Trinajstić information content (AvgIpc) is 1.87. The molecule has 0 saturated heterocycles. The second kappa shape index (κ2) is 7.87. The van der Waals surface area contributed by atoms with Gasteiger partial charge in [-0.15, -0.1) is 11.6 Å². The molecule has 0 radical (unpaired) electrons. The topological polar surface area (TPSA) is 0 Å². The van der Waals surface area contributed by atoms with Gasteiger partial charge in [0.25, 0.3) is 0 Å². The summed E-state index contributed by atoms with van der Waals surface area (Å²) in [6.45, 7) is 2.06. The molecule has 0 amide bonds. The van der Waals surface area contributed by atoms with E-state index in [9.17, 15) is 0 Å². The molecule has 0 nitrogen and oxygen atoms in total. The van der Waals surface area contributed by atoms with E-state index in [4.69, 9.17) is 11.6 Å². The van der Waals surface area contributed by atoms with E-state index in [1.807, 2.05) is 0 Å². The van der Waals surface area contributed by atoms with Crippen LogP contribution in [0.5, 0.6) is 0 Å². The lowest BCUT2D eigenvalue weighted by atomic mass is 10.1. The Balaban J connectivity index is 2.77. The second-order valence-electron chi connectivity index (χ2n) is 2.67. The Bertz CT molecular complexity index is 64.3. The van der Waals surface area contributed by atoms with E-state index in [2.05, 4.69) is 22.9 Å². The largest absolute Gasteiger partial charge is 0.123 e. The van der Waals surface area contributed by atoms with Gasteiger partial charge in [-0.1, -0.05) is 35.2 Å². The molecule has 1 atom stereocenters. The molecular formula is C8H16BrCl. The highest BCUT2D eigenvalue weighted by Crippen LogP contribution is 2.09. The molecule has 0 aromatic heterocycles. The summed E-state index contributed by atoms with van der Waals surface area (Å²) in [5.74, 6) is 0. The molecule has 0 aliphatic carbocycles. The van der Waals surface area contributed by atoms with Gasteiger partial charge < -0.3 is 0 Å². The molecular weight excluding hydrogens is 211 g/mol. The summed E-state index contributed by atoms with van der Waals surface area (Å²) < 4.78 is 0. The van der Waals surface area contributed by atoms with Gasteiger partial charge in [-0.25, -0.2) is 0 Å². The molecule has 0 spiro atoms. The van der Waals surface area contributed by atoms with E-state index in [-0.39, 0.29) is 0 Å². The Labute approximate surface area is 77.5 Å². The summed E-state index contributed by atoms with van der Waals surface area (Å²) in [6, 6.07) is 0. The zero-order valence-corrected chi connectivity index (χ0v) is 8.92. The lowest BCUT2D eigenvalue weighted by Crippen LogP contribution is -1.89. The summed E-state index contributed by atoms with van der Waals surface area (Å²) in [4.78, 5) is 0. The smallest absolute Gasteiger partial charge is 0.0307 e. The SMILES string of the molecule is CC(Cl)CCCCCCBr. The monoisotopic (exact) mass is 226 g/mol. The maximum absolute atomic E-state index is 5.78. The maximum Gasteiger partial charge on any atom is 0.0307 e. The Kier molecular flexibility index (Phi) is 8.48. The average molecular weight is 228 g/mol. The van der Waals surface area contributed by atoms with Crippen LogP contribution in [0, 0.1) is 0 Å². The Morgan fingerprint density at radius 3 is 2.30 bits per heavy atom. The zero-order valence-electron chi connectivity index (χ0n) is 6.58. The molecule has 0 bridgehead atoms. The Morgan fingerprint density at radius 1 is 1.20 bits per heavy atom. The van der Waals surface area contributed by atoms with E-state index < -0.39 is 0 Å². The summed E-state index contributed by atoms with van der Waals surface area (Å²) in [5, 5.41) is 1.51. The third kappa shape index (κ3) is 8.77. The number of halogens is 2. The van der Waals surface area contributed by atoms with Crippen LogP contribution in [0.15, 0.2) is 0 Å². The molecule has 0 rings (SSSR count). The van der Waals surface area contributed by atoms with Crippen molar-refractivity contribution in [2.75, 3.05) is 5.33 Å². The van der Waals surface area contributed by atoms with Crippen molar-refractivity contribution in [3.8, 4) is 0 Å². The van der Waals surface area contributed by atoms with Gasteiger partial charge in [0, 0.05) is 10.7 Å². The molecule has 0 aliphatic heterocycles. The summed E-state index contributed by atoms with van der Waals surface area (Å²) in [5.41, 5.74) is 0. The quantitative estimate of drug-likeness (QED) is 0.476. The third-order valence-electron chi connectivity index (χ3n) is 1.49. The van der Waals surface area contributed by atoms with Crippen LogP contribution in [0.25, 0.3) is 0 Å². The van der Waals surface area contributed by atoms with Gasteiger partial charge >= 0.3 is 0 Å². The van der Waals surface area contributed by atoms with Crippen molar-refractivity contribution in [3.05, 3.63) is 0 Å². The van der Waals surface area contributed by atoms with Crippen LogP contribution >= 0.6 is 27.5 Å². The van der Waals surface area contributed by atoms with E-state index in [1.165, 1.54) is 32.1 Å². The van der Waals surface area contributed by atoms with Crippen LogP contribution in [0.3, 0.4) is 0 Å². The van der Waals surface area contributed by atoms with Crippen molar-refractivity contribution < 1.29 is 0 Å². The molecule has 0 aliphatic rings. The number of unbranched alkanes of at least 4 members (excludes halogenated alkanes) is 3. The number of hydrogen-bond acceptors (Lipinski definition) is 0. The Morgan fingerprint density at radius 2 is 1.80 bits per heavy atom. The highest BCUT2D eigenvalue weighted by atomic mass is 79.9. The fraction of sp³-hybridized carbons (Fsp3) is 1.00. The molecule has 10 heavy (non-hydrogen) atoms. The van der Waals surface area contributed by atoms with Gasteiger partial charge in [-0.2, -0.15) is 0 Å². The van der Waals surface area contributed by atoms with Gasteiger partial charge in [0.05, 0.1) is 0 Å². The van der Waals surface area contributed by atoms with Crippen molar-refractivity contribution in [1.82, 2.24) is 0 Å². The summed E-state index contributed by atoms with van der Waals surface area (Å²) in [6.07, 6.45) is 6.44. The minimum Gasteiger partial charge on any atom is -0.123 e. The van der Waals surface area contributed by atoms with E-state index in [0.717, 1.165) is 5.33 Å². The molecule has 62 valence electrons. The van der Waals surface area contributed by atoms with E-state index in [1.54, 1.807) is 0 Å². The first kappa shape index (κ1) is 10.8. The lowest BCUT2D eigenvalue weighted by molar-refractivity contribution is 0.631. The normalized spacial score (nSPS) is 13.5. The predicted octanol–water partition coefficient (Wildman–Crippen LogP) is 3.96. The van der Waals surface area contributed by atoms with Gasteiger partial charge in [-0.3, -0.25) is 0 Å². The standard InChI is InChI=1S/C8H16BrCl/c1-8(10)6-4-2-3-5-7-9/h8H,2-7H2,1H3. The second-order valence-corrected chi connectivity index (χ2v) is 4.21. The highest BCUT2D eigenvalue weighted by Gasteiger charge is 1.94. The first-order valence-electron chi connectivity index (χ1n) is 3.97. The molecule has 0 saturated carbocycles. The maximum atomic E-state index is 5.78. The van der Waals surface area contributed by atoms with E-state index >= 15 is 0 Å². The summed E-state index contributed by atoms with van der Waals surface area (Å²) in [7, 11) is 0. The minimum atomic E-state index is 0.365. The zero-order chi connectivity index (χ0) is 7.82.